The summed E-state index contributed by atoms with van der Waals surface area (Å²) >= 11 is 0. The molecule has 0 atom stereocenters. The van der Waals surface area contributed by atoms with Gasteiger partial charge in [-0.2, -0.15) is 0 Å². The zero-order valence-electron chi connectivity index (χ0n) is 23.5. The minimum absolute atomic E-state index is 0.714. The molecule has 0 unspecified atom stereocenters. The first-order valence-electron chi connectivity index (χ1n) is 12.8. The van der Waals surface area contributed by atoms with Crippen LogP contribution in [0.3, 0.4) is 0 Å². The molecule has 0 amide bonds. The number of nitrogens with zero attached hydrogens (tertiary/aromatic N) is 6. The van der Waals surface area contributed by atoms with Crippen LogP contribution in [0.25, 0.3) is 0 Å². The van der Waals surface area contributed by atoms with Crippen molar-refractivity contribution in [3.8, 4) is 0 Å². The third-order valence-corrected chi connectivity index (χ3v) is 5.36. The van der Waals surface area contributed by atoms with Gasteiger partial charge in [0.25, 0.3) is 0 Å². The average molecular weight is 451 g/mol. The highest BCUT2D eigenvalue weighted by Gasteiger charge is 2.27. The van der Waals surface area contributed by atoms with Gasteiger partial charge in [-0.15, -0.1) is 0 Å². The average Bonchev–Trinajstić information content (AvgIpc) is 2.85. The topological polar surface area (TPSA) is 46.8 Å². The Morgan fingerprint density at radius 3 is 1.72 bits per heavy atom. The Balaban J connectivity index is 0. The van der Waals surface area contributed by atoms with Gasteiger partial charge in [0.15, 0.2) is 0 Å². The van der Waals surface area contributed by atoms with E-state index in [1.165, 1.54) is 39.0 Å². The normalized spacial score (nSPS) is 19.0. The Kier molecular flexibility index (Phi) is 20.5. The molecule has 2 heterocycles. The van der Waals surface area contributed by atoms with E-state index >= 15 is 0 Å². The van der Waals surface area contributed by atoms with Crippen molar-refractivity contribution in [3.05, 3.63) is 11.8 Å². The van der Waals surface area contributed by atoms with Crippen molar-refractivity contribution in [2.75, 3.05) is 53.4 Å². The molecular weight excluding hydrogens is 396 g/mol. The molecular formula is C26H54N6. The summed E-state index contributed by atoms with van der Waals surface area (Å²) < 4.78 is 0. The molecule has 0 radical (unpaired) electrons. The standard InChI is InChI=1S/C20H36N6.3C2H6/c1-16(2)22-15-17(3)18(4)23-20(21-5)26-9-7-19(8-10-26)25-13-11-24(6)12-14-25;3*1-2/h15,19H,7-14H2,1-6H3;3*1-2H3/b17-15+,21-20?,23-18+;;;. The van der Waals surface area contributed by atoms with Crippen molar-refractivity contribution < 1.29 is 0 Å². The lowest BCUT2D eigenvalue weighted by Crippen LogP contribution is -2.52. The number of aliphatic imine (C=N–C) groups is 3. The number of piperidine rings is 1. The molecule has 2 aliphatic heterocycles. The Labute approximate surface area is 200 Å². The van der Waals surface area contributed by atoms with Crippen LogP contribution in [0.1, 0.15) is 82.1 Å². The number of hydrogen-bond acceptors (Lipinski definition) is 4. The number of likely N-dealkylation sites (tertiary alicyclic amines) is 1. The fourth-order valence-corrected chi connectivity index (χ4v) is 3.44. The van der Waals surface area contributed by atoms with Crippen LogP contribution in [0.15, 0.2) is 26.8 Å². The van der Waals surface area contributed by atoms with E-state index < -0.39 is 0 Å². The van der Waals surface area contributed by atoms with Crippen LogP contribution in [0, 0.1) is 0 Å². The minimum Gasteiger partial charge on any atom is -0.341 e. The van der Waals surface area contributed by atoms with Gasteiger partial charge < -0.3 is 9.80 Å². The summed E-state index contributed by atoms with van der Waals surface area (Å²) in [6, 6.07) is 0.714. The maximum Gasteiger partial charge on any atom is 0.220 e. The minimum atomic E-state index is 0.714. The van der Waals surface area contributed by atoms with Gasteiger partial charge in [-0.05, 0) is 53.2 Å². The molecule has 2 saturated heterocycles. The van der Waals surface area contributed by atoms with Crippen LogP contribution in [0.2, 0.25) is 0 Å². The molecule has 0 N–H and O–H groups in total. The second-order valence-electron chi connectivity index (χ2n) is 7.67. The van der Waals surface area contributed by atoms with Gasteiger partial charge in [-0.25, -0.2) is 4.99 Å². The Hall–Kier alpha value is -1.53. The highest BCUT2D eigenvalue weighted by Crippen LogP contribution is 2.19. The monoisotopic (exact) mass is 450 g/mol. The van der Waals surface area contributed by atoms with Crippen molar-refractivity contribution in [2.24, 2.45) is 15.0 Å². The van der Waals surface area contributed by atoms with Crippen molar-refractivity contribution in [3.63, 3.8) is 0 Å². The maximum atomic E-state index is 4.78. The quantitative estimate of drug-likeness (QED) is 0.415. The molecule has 2 aliphatic rings. The van der Waals surface area contributed by atoms with Crippen LogP contribution in [0.5, 0.6) is 0 Å². The smallest absolute Gasteiger partial charge is 0.220 e. The number of allylic oxidation sites excluding steroid dienone is 1. The Morgan fingerprint density at radius 1 is 0.781 bits per heavy atom. The van der Waals surface area contributed by atoms with Crippen molar-refractivity contribution >= 4 is 17.4 Å². The third-order valence-electron chi connectivity index (χ3n) is 5.36. The van der Waals surface area contributed by atoms with Gasteiger partial charge >= 0.3 is 0 Å². The third kappa shape index (κ3) is 12.5. The van der Waals surface area contributed by atoms with Gasteiger partial charge in [0.1, 0.15) is 0 Å². The van der Waals surface area contributed by atoms with Gasteiger partial charge in [0.05, 0.1) is 0 Å². The zero-order valence-corrected chi connectivity index (χ0v) is 23.5. The predicted octanol–water partition coefficient (Wildman–Crippen LogP) is 5.61. The molecule has 6 nitrogen and oxygen atoms in total. The second-order valence-corrected chi connectivity index (χ2v) is 7.67. The van der Waals surface area contributed by atoms with Crippen molar-refractivity contribution in [2.45, 2.75) is 88.1 Å². The molecule has 0 aliphatic carbocycles. The van der Waals surface area contributed by atoms with Crippen LogP contribution in [-0.2, 0) is 0 Å². The number of hydrogen-bond donors (Lipinski definition) is 0. The first kappa shape index (κ1) is 32.6. The van der Waals surface area contributed by atoms with E-state index in [1.54, 1.807) is 0 Å². The molecule has 0 saturated carbocycles. The summed E-state index contributed by atoms with van der Waals surface area (Å²) in [7, 11) is 4.06. The van der Waals surface area contributed by atoms with E-state index in [2.05, 4.69) is 38.7 Å². The second kappa shape index (κ2) is 20.1. The molecule has 6 heteroatoms. The Morgan fingerprint density at radius 2 is 1.28 bits per heavy atom. The molecule has 0 aromatic rings. The highest BCUT2D eigenvalue weighted by molar-refractivity contribution is 6.05. The van der Waals surface area contributed by atoms with Gasteiger partial charge in [0.2, 0.25) is 5.96 Å². The first-order valence-corrected chi connectivity index (χ1v) is 12.8. The summed E-state index contributed by atoms with van der Waals surface area (Å²) in [5.41, 5.74) is 3.11. The van der Waals surface area contributed by atoms with Gasteiger partial charge in [-0.3, -0.25) is 14.9 Å². The van der Waals surface area contributed by atoms with Crippen molar-refractivity contribution in [1.82, 2.24) is 14.7 Å². The summed E-state index contributed by atoms with van der Waals surface area (Å²) in [4.78, 5) is 21.0. The summed E-state index contributed by atoms with van der Waals surface area (Å²) in [6.07, 6.45) is 4.29. The van der Waals surface area contributed by atoms with E-state index in [-0.39, 0.29) is 0 Å². The van der Waals surface area contributed by atoms with Crippen LogP contribution in [0.4, 0.5) is 0 Å². The van der Waals surface area contributed by atoms with Crippen LogP contribution in [-0.4, -0.2) is 91.5 Å². The summed E-state index contributed by atoms with van der Waals surface area (Å²) in [5, 5.41) is 0. The van der Waals surface area contributed by atoms with E-state index in [0.29, 0.717) is 6.04 Å². The molecule has 2 fully saturated rings. The fraction of sp³-hybridized carbons (Fsp3) is 0.808. The first-order chi connectivity index (χ1) is 15.4. The van der Waals surface area contributed by atoms with E-state index in [4.69, 9.17) is 4.99 Å². The number of likely N-dealkylation sites (N-methyl/N-ethyl adjacent to an activating group) is 1. The predicted molar refractivity (Wildman–Crippen MR) is 147 cm³/mol. The molecule has 2 rings (SSSR count). The molecule has 0 spiro atoms. The lowest BCUT2D eigenvalue weighted by atomic mass is 10.0. The molecule has 188 valence electrons. The van der Waals surface area contributed by atoms with Gasteiger partial charge in [-0.1, -0.05) is 41.5 Å². The zero-order chi connectivity index (χ0) is 25.1. The number of piperazine rings is 1. The molecule has 0 aromatic heterocycles. The largest absolute Gasteiger partial charge is 0.341 e. The molecule has 32 heavy (non-hydrogen) atoms. The molecule has 0 bridgehead atoms. The summed E-state index contributed by atoms with van der Waals surface area (Å²) in [5.74, 6) is 0.851. The van der Waals surface area contributed by atoms with E-state index in [9.17, 15) is 0 Å². The van der Waals surface area contributed by atoms with E-state index in [0.717, 1.165) is 36.0 Å². The van der Waals surface area contributed by atoms with Crippen LogP contribution < -0.4 is 0 Å². The number of rotatable bonds is 3. The fourth-order valence-electron chi connectivity index (χ4n) is 3.44. The van der Waals surface area contributed by atoms with Crippen molar-refractivity contribution in [1.29, 1.82) is 0 Å². The van der Waals surface area contributed by atoms with Crippen LogP contribution >= 0.6 is 0 Å². The lowest BCUT2D eigenvalue weighted by molar-refractivity contribution is 0.0816. The van der Waals surface area contributed by atoms with Gasteiger partial charge in [0, 0.05) is 70.0 Å². The Bertz CT molecular complexity index is 571. The highest BCUT2D eigenvalue weighted by atomic mass is 15.3. The maximum absolute atomic E-state index is 4.78. The SMILES string of the molecule is CC.CC.CC.CN=C(/N=C(C)/C(C)=C/N=C(C)C)N1CCC(N2CCN(C)CC2)CC1. The van der Waals surface area contributed by atoms with E-state index in [1.807, 2.05) is 75.6 Å². The lowest BCUT2D eigenvalue weighted by Gasteiger charge is -2.42. The molecule has 0 aromatic carbocycles. The summed E-state index contributed by atoms with van der Waals surface area (Å²) in [6.45, 7) is 27.0. The number of guanidine groups is 1.